The zero-order chi connectivity index (χ0) is 21.5. The molecule has 0 spiro atoms. The van der Waals surface area contributed by atoms with E-state index in [4.69, 9.17) is 10.7 Å². The first kappa shape index (κ1) is 20.3. The maximum Gasteiger partial charge on any atom is 0.100 e. The lowest BCUT2D eigenvalue weighted by Gasteiger charge is -2.57. The Hall–Kier alpha value is -1.06. The highest BCUT2D eigenvalue weighted by molar-refractivity contribution is 5.88. The molecule has 9 rings (SSSR count). The maximum absolute atomic E-state index is 9.22. The molecule has 4 heteroatoms. The van der Waals surface area contributed by atoms with Crippen LogP contribution in [-0.2, 0) is 0 Å². The Morgan fingerprint density at radius 1 is 0.688 bits per heavy atom. The molecule has 9 saturated carbocycles. The minimum Gasteiger partial charge on any atom is -0.387 e. The standard InChI is InChI=1S/C28H44N4/c29-25(27-11-17-5-18(12-27)7-19(6-17)13-27)31-23-3-1-2-4-24(23)32-26(30)28-14-20-8-21(15-28)10-22(9-20)16-28/h17-24H,1-16H2,(H2,29,31)(H2,30,32). The average Bonchev–Trinajstić information content (AvgIpc) is 2.73. The smallest absolute Gasteiger partial charge is 0.100 e. The van der Waals surface area contributed by atoms with Crippen LogP contribution in [0.5, 0.6) is 0 Å². The van der Waals surface area contributed by atoms with Gasteiger partial charge in [-0.1, -0.05) is 12.8 Å². The average molecular weight is 437 g/mol. The van der Waals surface area contributed by atoms with Gasteiger partial charge in [0.05, 0.1) is 11.9 Å². The first-order valence-electron chi connectivity index (χ1n) is 14.2. The van der Waals surface area contributed by atoms with Gasteiger partial charge in [0.1, 0.15) is 5.84 Å². The lowest BCUT2D eigenvalue weighted by molar-refractivity contribution is -0.0152. The Labute approximate surface area is 194 Å². The van der Waals surface area contributed by atoms with Crippen LogP contribution in [0.4, 0.5) is 0 Å². The number of nitrogens with zero attached hydrogens (tertiary/aromatic N) is 1. The van der Waals surface area contributed by atoms with Gasteiger partial charge in [0.15, 0.2) is 0 Å². The van der Waals surface area contributed by atoms with E-state index in [1.165, 1.54) is 89.9 Å². The van der Waals surface area contributed by atoms with Gasteiger partial charge in [-0.15, -0.1) is 0 Å². The van der Waals surface area contributed by atoms with Crippen molar-refractivity contribution in [1.82, 2.24) is 5.32 Å². The molecule has 2 unspecified atom stereocenters. The summed E-state index contributed by atoms with van der Waals surface area (Å²) in [4.78, 5) is 5.34. The quantitative estimate of drug-likeness (QED) is 0.393. The number of hydrogen-bond acceptors (Lipinski definition) is 2. The number of aliphatic imine (C=N–C) groups is 1. The van der Waals surface area contributed by atoms with Gasteiger partial charge in [0, 0.05) is 16.9 Å². The zero-order valence-electron chi connectivity index (χ0n) is 20.0. The van der Waals surface area contributed by atoms with E-state index in [0.29, 0.717) is 6.04 Å². The predicted molar refractivity (Wildman–Crippen MR) is 130 cm³/mol. The van der Waals surface area contributed by atoms with Gasteiger partial charge in [0.25, 0.3) is 0 Å². The van der Waals surface area contributed by atoms with Gasteiger partial charge in [0.2, 0.25) is 0 Å². The maximum atomic E-state index is 9.22. The highest BCUT2D eigenvalue weighted by atomic mass is 15.1. The van der Waals surface area contributed by atoms with Gasteiger partial charge >= 0.3 is 0 Å². The number of amidine groups is 2. The van der Waals surface area contributed by atoms with Crippen molar-refractivity contribution in [3.63, 3.8) is 0 Å². The molecule has 0 amide bonds. The van der Waals surface area contributed by atoms with Gasteiger partial charge < -0.3 is 11.1 Å². The number of hydrogen-bond donors (Lipinski definition) is 3. The van der Waals surface area contributed by atoms with Crippen LogP contribution in [0.3, 0.4) is 0 Å². The summed E-state index contributed by atoms with van der Waals surface area (Å²) in [6.07, 6.45) is 21.3. The van der Waals surface area contributed by atoms with Crippen LogP contribution >= 0.6 is 0 Å². The molecule has 9 aliphatic rings. The van der Waals surface area contributed by atoms with E-state index in [0.717, 1.165) is 60.0 Å². The fourth-order valence-corrected chi connectivity index (χ4v) is 10.9. The minimum atomic E-state index is 0.173. The van der Waals surface area contributed by atoms with Crippen LogP contribution in [0.25, 0.3) is 0 Å². The lowest BCUT2D eigenvalue weighted by Crippen LogP contribution is -2.57. The van der Waals surface area contributed by atoms with E-state index in [9.17, 15) is 5.41 Å². The summed E-state index contributed by atoms with van der Waals surface area (Å²) in [5.41, 5.74) is 7.31. The molecule has 9 fully saturated rings. The Bertz CT molecular complexity index is 742. The molecule has 176 valence electrons. The lowest BCUT2D eigenvalue weighted by atomic mass is 9.49. The zero-order valence-corrected chi connectivity index (χ0v) is 20.0. The molecule has 32 heavy (non-hydrogen) atoms. The second-order valence-corrected chi connectivity index (χ2v) is 13.9. The Morgan fingerprint density at radius 3 is 1.62 bits per heavy atom. The normalized spacial score (nSPS) is 53.6. The van der Waals surface area contributed by atoms with Gasteiger partial charge in [-0.3, -0.25) is 10.4 Å². The van der Waals surface area contributed by atoms with Crippen LogP contribution in [0.15, 0.2) is 4.99 Å². The molecular weight excluding hydrogens is 392 g/mol. The summed E-state index contributed by atoms with van der Waals surface area (Å²) < 4.78 is 0. The predicted octanol–water partition coefficient (Wildman–Crippen LogP) is 5.65. The molecular formula is C28H44N4. The van der Waals surface area contributed by atoms with Crippen LogP contribution in [0.1, 0.15) is 103 Å². The minimum absolute atomic E-state index is 0.173. The van der Waals surface area contributed by atoms with Crippen LogP contribution in [-0.4, -0.2) is 23.8 Å². The number of nitrogens with two attached hydrogens (primary N) is 1. The Morgan fingerprint density at radius 2 is 1.12 bits per heavy atom. The summed E-state index contributed by atoms with van der Waals surface area (Å²) in [7, 11) is 0. The largest absolute Gasteiger partial charge is 0.387 e. The molecule has 0 aliphatic heterocycles. The van der Waals surface area contributed by atoms with E-state index in [-0.39, 0.29) is 16.9 Å². The van der Waals surface area contributed by atoms with Crippen molar-refractivity contribution < 1.29 is 0 Å². The molecule has 0 saturated heterocycles. The Balaban J connectivity index is 1.09. The summed E-state index contributed by atoms with van der Waals surface area (Å²) in [6, 6.07) is 0.614. The topological polar surface area (TPSA) is 74.3 Å². The molecule has 0 radical (unpaired) electrons. The first-order chi connectivity index (χ1) is 15.5. The SMILES string of the molecule is N=C(NC1CCCCC1N=C(N)C12CC3CC(CC(C3)C1)C2)C12CC3CC(CC(C3)C1)C2. The molecule has 0 aromatic rings. The fraction of sp³-hybridized carbons (Fsp3) is 0.929. The monoisotopic (exact) mass is 436 g/mol. The summed E-state index contributed by atoms with van der Waals surface area (Å²) in [6.45, 7) is 0. The van der Waals surface area contributed by atoms with Crippen LogP contribution in [0.2, 0.25) is 0 Å². The first-order valence-corrected chi connectivity index (χ1v) is 14.2. The molecule has 0 aromatic heterocycles. The Kier molecular flexibility index (Phi) is 4.58. The van der Waals surface area contributed by atoms with E-state index in [1.807, 2.05) is 0 Å². The van der Waals surface area contributed by atoms with E-state index < -0.39 is 0 Å². The van der Waals surface area contributed by atoms with Crippen LogP contribution in [0, 0.1) is 51.7 Å². The molecule has 9 aliphatic carbocycles. The van der Waals surface area contributed by atoms with Crippen molar-refractivity contribution >= 4 is 11.7 Å². The molecule has 4 nitrogen and oxygen atoms in total. The second kappa shape index (κ2) is 7.22. The van der Waals surface area contributed by atoms with Crippen molar-refractivity contribution in [3.8, 4) is 0 Å². The molecule has 0 aromatic carbocycles. The highest BCUT2D eigenvalue weighted by Gasteiger charge is 2.54. The second-order valence-electron chi connectivity index (χ2n) is 13.9. The third-order valence-electron chi connectivity index (χ3n) is 11.5. The third-order valence-corrected chi connectivity index (χ3v) is 11.5. The number of rotatable bonds is 4. The van der Waals surface area contributed by atoms with E-state index >= 15 is 0 Å². The van der Waals surface area contributed by atoms with E-state index in [2.05, 4.69) is 5.32 Å². The summed E-state index contributed by atoms with van der Waals surface area (Å²) in [5, 5.41) is 13.0. The van der Waals surface area contributed by atoms with E-state index in [1.54, 1.807) is 0 Å². The van der Waals surface area contributed by atoms with Crippen molar-refractivity contribution in [1.29, 1.82) is 5.41 Å². The van der Waals surface area contributed by atoms with Crippen molar-refractivity contribution in [2.45, 2.75) is 115 Å². The summed E-state index contributed by atoms with van der Waals surface area (Å²) in [5.74, 6) is 7.34. The van der Waals surface area contributed by atoms with Gasteiger partial charge in [-0.05, 0) is 125 Å². The molecule has 0 heterocycles. The molecule has 4 N–H and O–H groups in total. The van der Waals surface area contributed by atoms with Gasteiger partial charge in [-0.25, -0.2) is 0 Å². The summed E-state index contributed by atoms with van der Waals surface area (Å²) >= 11 is 0. The highest BCUT2D eigenvalue weighted by Crippen LogP contribution is 2.61. The molecule has 8 bridgehead atoms. The van der Waals surface area contributed by atoms with Crippen LogP contribution < -0.4 is 11.1 Å². The number of nitrogens with one attached hydrogen (secondary N) is 2. The third kappa shape index (κ3) is 3.21. The van der Waals surface area contributed by atoms with Crippen molar-refractivity contribution in [3.05, 3.63) is 0 Å². The van der Waals surface area contributed by atoms with Crippen molar-refractivity contribution in [2.75, 3.05) is 0 Å². The van der Waals surface area contributed by atoms with Crippen molar-refractivity contribution in [2.24, 2.45) is 57.1 Å². The molecule has 2 atom stereocenters. The van der Waals surface area contributed by atoms with Gasteiger partial charge in [-0.2, -0.15) is 0 Å². The fourth-order valence-electron chi connectivity index (χ4n) is 10.9.